The summed E-state index contributed by atoms with van der Waals surface area (Å²) in [7, 11) is 2.04. The maximum Gasteiger partial charge on any atom is 0.252 e. The van der Waals surface area contributed by atoms with E-state index in [1.54, 1.807) is 6.07 Å². The van der Waals surface area contributed by atoms with E-state index in [-0.39, 0.29) is 18.1 Å². The number of nitrogens with one attached hydrogen (secondary N) is 1. The Morgan fingerprint density at radius 3 is 3.05 bits per heavy atom. The van der Waals surface area contributed by atoms with Gasteiger partial charge in [-0.3, -0.25) is 4.79 Å². The van der Waals surface area contributed by atoms with E-state index in [4.69, 9.17) is 21.1 Å². The van der Waals surface area contributed by atoms with Crippen molar-refractivity contribution in [3.8, 4) is 5.88 Å². The molecule has 7 heteroatoms. The van der Waals surface area contributed by atoms with Gasteiger partial charge in [-0.2, -0.15) is 0 Å². The number of ether oxygens (including phenoxy) is 2. The van der Waals surface area contributed by atoms with E-state index in [1.165, 1.54) is 6.20 Å². The van der Waals surface area contributed by atoms with Gasteiger partial charge in [0.2, 0.25) is 5.88 Å². The molecule has 0 saturated carbocycles. The van der Waals surface area contributed by atoms with Crippen molar-refractivity contribution in [1.29, 1.82) is 0 Å². The highest BCUT2D eigenvalue weighted by Crippen LogP contribution is 2.23. The fraction of sp³-hybridized carbons (Fsp3) is 0.600. The fourth-order valence-corrected chi connectivity index (χ4v) is 2.37. The van der Waals surface area contributed by atoms with Crippen molar-refractivity contribution in [3.63, 3.8) is 0 Å². The van der Waals surface area contributed by atoms with Crippen LogP contribution in [0.4, 0.5) is 0 Å². The van der Waals surface area contributed by atoms with Crippen LogP contribution in [0.5, 0.6) is 5.88 Å². The lowest BCUT2D eigenvalue weighted by Crippen LogP contribution is -2.45. The van der Waals surface area contributed by atoms with Gasteiger partial charge in [-0.1, -0.05) is 11.6 Å². The van der Waals surface area contributed by atoms with Gasteiger partial charge < -0.3 is 19.7 Å². The number of carbonyl (C=O) groups excluding carboxylic acids is 1. The van der Waals surface area contributed by atoms with Gasteiger partial charge in [-0.25, -0.2) is 4.98 Å². The molecule has 22 heavy (non-hydrogen) atoms. The van der Waals surface area contributed by atoms with Gasteiger partial charge >= 0.3 is 0 Å². The second-order valence-corrected chi connectivity index (χ2v) is 6.05. The smallest absolute Gasteiger partial charge is 0.252 e. The van der Waals surface area contributed by atoms with Gasteiger partial charge in [0.1, 0.15) is 5.02 Å². The predicted molar refractivity (Wildman–Crippen MR) is 84.6 cm³/mol. The van der Waals surface area contributed by atoms with Crippen molar-refractivity contribution in [2.45, 2.75) is 26.1 Å². The molecule has 1 fully saturated rings. The monoisotopic (exact) mass is 327 g/mol. The van der Waals surface area contributed by atoms with Crippen LogP contribution in [0.25, 0.3) is 0 Å². The molecule has 2 rings (SSSR count). The molecular weight excluding hydrogens is 306 g/mol. The second kappa shape index (κ2) is 7.76. The topological polar surface area (TPSA) is 63.7 Å². The van der Waals surface area contributed by atoms with Gasteiger partial charge in [0.05, 0.1) is 24.4 Å². The third-order valence-electron chi connectivity index (χ3n) is 3.25. The molecule has 0 aliphatic carbocycles. The van der Waals surface area contributed by atoms with Crippen molar-refractivity contribution in [2.24, 2.45) is 0 Å². The van der Waals surface area contributed by atoms with E-state index in [0.717, 1.165) is 13.1 Å². The minimum absolute atomic E-state index is 0.00896. The van der Waals surface area contributed by atoms with E-state index in [9.17, 15) is 4.79 Å². The minimum atomic E-state index is -0.220. The molecule has 0 spiro atoms. The first-order valence-electron chi connectivity index (χ1n) is 7.36. The quantitative estimate of drug-likeness (QED) is 0.889. The Labute approximate surface area is 135 Å². The molecule has 1 N–H and O–H groups in total. The maximum absolute atomic E-state index is 12.1. The Morgan fingerprint density at radius 2 is 2.41 bits per heavy atom. The average molecular weight is 328 g/mol. The standard InChI is InChI=1S/C15H22ClN3O3/c1-10(2)22-15-13(16)6-11(7-18-15)14(20)17-8-12-9-19(3)4-5-21-12/h6-7,10,12H,4-5,8-9H2,1-3H3,(H,17,20)/t12-/m1/s1. The molecule has 1 atom stereocenters. The largest absolute Gasteiger partial charge is 0.474 e. The van der Waals surface area contributed by atoms with E-state index in [1.807, 2.05) is 20.9 Å². The second-order valence-electron chi connectivity index (χ2n) is 5.64. The van der Waals surface area contributed by atoms with Crippen molar-refractivity contribution >= 4 is 17.5 Å². The number of rotatable bonds is 5. The van der Waals surface area contributed by atoms with Crippen LogP contribution >= 0.6 is 11.6 Å². The number of halogens is 1. The number of morpholine rings is 1. The zero-order chi connectivity index (χ0) is 16.1. The van der Waals surface area contributed by atoms with Gasteiger partial charge in [0, 0.05) is 25.8 Å². The summed E-state index contributed by atoms with van der Waals surface area (Å²) in [5, 5.41) is 3.18. The molecule has 1 aromatic rings. The van der Waals surface area contributed by atoms with Crippen LogP contribution < -0.4 is 10.1 Å². The van der Waals surface area contributed by atoms with Crippen LogP contribution in [-0.2, 0) is 4.74 Å². The van der Waals surface area contributed by atoms with Crippen LogP contribution in [-0.4, -0.2) is 61.3 Å². The molecule has 1 aromatic heterocycles. The molecular formula is C15H22ClN3O3. The minimum Gasteiger partial charge on any atom is -0.474 e. The molecule has 1 amide bonds. The average Bonchev–Trinajstić information content (AvgIpc) is 2.46. The highest BCUT2D eigenvalue weighted by Gasteiger charge is 2.19. The number of aromatic nitrogens is 1. The molecule has 1 aliphatic heterocycles. The summed E-state index contributed by atoms with van der Waals surface area (Å²) >= 11 is 6.09. The first kappa shape index (κ1) is 17.0. The van der Waals surface area contributed by atoms with Gasteiger partial charge in [-0.05, 0) is 27.0 Å². The Kier molecular flexibility index (Phi) is 5.99. The fourth-order valence-electron chi connectivity index (χ4n) is 2.16. The first-order chi connectivity index (χ1) is 10.5. The SMILES string of the molecule is CC(C)Oc1ncc(C(=O)NC[C@@H]2CN(C)CCO2)cc1Cl. The summed E-state index contributed by atoms with van der Waals surface area (Å²) in [5.41, 5.74) is 0.408. The van der Waals surface area contributed by atoms with E-state index >= 15 is 0 Å². The number of nitrogens with zero attached hydrogens (tertiary/aromatic N) is 2. The van der Waals surface area contributed by atoms with Crippen molar-refractivity contribution in [2.75, 3.05) is 33.3 Å². The zero-order valence-electron chi connectivity index (χ0n) is 13.1. The summed E-state index contributed by atoms with van der Waals surface area (Å²) in [6, 6.07) is 1.56. The number of carbonyl (C=O) groups is 1. The highest BCUT2D eigenvalue weighted by molar-refractivity contribution is 6.32. The lowest BCUT2D eigenvalue weighted by Gasteiger charge is -2.30. The number of likely N-dealkylation sites (N-methyl/N-ethyl adjacent to an activating group) is 1. The van der Waals surface area contributed by atoms with Gasteiger partial charge in [-0.15, -0.1) is 0 Å². The molecule has 6 nitrogen and oxygen atoms in total. The summed E-state index contributed by atoms with van der Waals surface area (Å²) in [4.78, 5) is 18.4. The number of hydrogen-bond donors (Lipinski definition) is 1. The Bertz CT molecular complexity index is 525. The highest BCUT2D eigenvalue weighted by atomic mass is 35.5. The van der Waals surface area contributed by atoms with E-state index < -0.39 is 0 Å². The number of hydrogen-bond acceptors (Lipinski definition) is 5. The molecule has 0 unspecified atom stereocenters. The lowest BCUT2D eigenvalue weighted by molar-refractivity contribution is -0.0175. The Balaban J connectivity index is 1.90. The zero-order valence-corrected chi connectivity index (χ0v) is 13.9. The Morgan fingerprint density at radius 1 is 1.64 bits per heavy atom. The first-order valence-corrected chi connectivity index (χ1v) is 7.74. The van der Waals surface area contributed by atoms with Crippen LogP contribution in [0.15, 0.2) is 12.3 Å². The molecule has 1 aliphatic rings. The summed E-state index contributed by atoms with van der Waals surface area (Å²) in [6.07, 6.45) is 1.45. The van der Waals surface area contributed by atoms with Crippen molar-refractivity contribution < 1.29 is 14.3 Å². The summed E-state index contributed by atoms with van der Waals surface area (Å²) in [6.45, 7) is 6.65. The van der Waals surface area contributed by atoms with Crippen LogP contribution in [0.3, 0.4) is 0 Å². The maximum atomic E-state index is 12.1. The van der Waals surface area contributed by atoms with Crippen molar-refractivity contribution in [1.82, 2.24) is 15.2 Å². The lowest BCUT2D eigenvalue weighted by atomic mass is 10.2. The predicted octanol–water partition coefficient (Wildman–Crippen LogP) is 1.58. The molecule has 0 radical (unpaired) electrons. The van der Waals surface area contributed by atoms with Crippen LogP contribution in [0.1, 0.15) is 24.2 Å². The molecule has 2 heterocycles. The van der Waals surface area contributed by atoms with Crippen LogP contribution in [0, 0.1) is 0 Å². The van der Waals surface area contributed by atoms with Crippen molar-refractivity contribution in [3.05, 3.63) is 22.8 Å². The molecule has 122 valence electrons. The third kappa shape index (κ3) is 4.83. The molecule has 1 saturated heterocycles. The van der Waals surface area contributed by atoms with Gasteiger partial charge in [0.15, 0.2) is 0 Å². The normalized spacial score (nSPS) is 19.2. The summed E-state index contributed by atoms with van der Waals surface area (Å²) in [5.74, 6) is 0.118. The van der Waals surface area contributed by atoms with E-state index in [2.05, 4.69) is 15.2 Å². The molecule has 0 aromatic carbocycles. The number of amides is 1. The Hall–Kier alpha value is -1.37. The number of pyridine rings is 1. The van der Waals surface area contributed by atoms with E-state index in [0.29, 0.717) is 29.6 Å². The van der Waals surface area contributed by atoms with Gasteiger partial charge in [0.25, 0.3) is 5.91 Å². The van der Waals surface area contributed by atoms with Crippen LogP contribution in [0.2, 0.25) is 5.02 Å². The third-order valence-corrected chi connectivity index (χ3v) is 3.52. The molecule has 0 bridgehead atoms. The summed E-state index contributed by atoms with van der Waals surface area (Å²) < 4.78 is 11.0.